The predicted octanol–water partition coefficient (Wildman–Crippen LogP) is 1.34. The number of nitrogens with zero attached hydrogens (tertiary/aromatic N) is 1. The summed E-state index contributed by atoms with van der Waals surface area (Å²) in [6.07, 6.45) is -0.581. The maximum absolute atomic E-state index is 10.9. The lowest BCUT2D eigenvalue weighted by atomic mass is 10.1. The van der Waals surface area contributed by atoms with Gasteiger partial charge in [-0.2, -0.15) is 5.26 Å². The lowest BCUT2D eigenvalue weighted by molar-refractivity contribution is -0.131. The van der Waals surface area contributed by atoms with Gasteiger partial charge in [0.2, 0.25) is 0 Å². The minimum absolute atomic E-state index is 0.0249. The van der Waals surface area contributed by atoms with Gasteiger partial charge in [0.25, 0.3) is 0 Å². The number of nitriles is 1. The number of carbonyl (C=O) groups excluding carboxylic acids is 2. The normalized spacial score (nSPS) is 9.17. The van der Waals surface area contributed by atoms with Crippen LogP contribution in [0.3, 0.4) is 0 Å². The molecule has 1 N–H and O–H groups in total. The Bertz CT molecular complexity index is 505. The number of nitrogens with one attached hydrogen (secondary N) is 1. The van der Waals surface area contributed by atoms with E-state index in [1.165, 1.54) is 26.1 Å². The Kier molecular flexibility index (Phi) is 4.69. The number of ether oxygens (including phenoxy) is 2. The molecular weight excluding hydrogens is 236 g/mol. The van der Waals surface area contributed by atoms with Crippen molar-refractivity contribution in [2.75, 3.05) is 7.05 Å². The predicted molar refractivity (Wildman–Crippen MR) is 61.7 cm³/mol. The van der Waals surface area contributed by atoms with E-state index in [1.807, 2.05) is 6.07 Å². The quantitative estimate of drug-likeness (QED) is 0.644. The Labute approximate surface area is 104 Å². The second kappa shape index (κ2) is 6.25. The summed E-state index contributed by atoms with van der Waals surface area (Å²) in [5, 5.41) is 11.2. The number of hydrogen-bond acceptors (Lipinski definition) is 5. The number of alkyl carbamates (subject to hydrolysis) is 1. The van der Waals surface area contributed by atoms with Gasteiger partial charge in [-0.25, -0.2) is 4.79 Å². The van der Waals surface area contributed by atoms with E-state index in [1.54, 1.807) is 6.07 Å². The zero-order valence-corrected chi connectivity index (χ0v) is 10.0. The van der Waals surface area contributed by atoms with Gasteiger partial charge in [0, 0.05) is 19.5 Å². The Balaban J connectivity index is 2.84. The van der Waals surface area contributed by atoms with E-state index in [9.17, 15) is 9.59 Å². The molecule has 1 rings (SSSR count). The maximum atomic E-state index is 10.9. The largest absolute Gasteiger partial charge is 0.445 e. The summed E-state index contributed by atoms with van der Waals surface area (Å²) in [5.41, 5.74) is 0.828. The van der Waals surface area contributed by atoms with E-state index in [0.717, 1.165) is 0 Å². The molecule has 6 heteroatoms. The van der Waals surface area contributed by atoms with Crippen molar-refractivity contribution in [3.05, 3.63) is 29.3 Å². The van der Waals surface area contributed by atoms with Crippen LogP contribution >= 0.6 is 0 Å². The van der Waals surface area contributed by atoms with Crippen LogP contribution in [0.15, 0.2) is 18.2 Å². The van der Waals surface area contributed by atoms with Crippen LogP contribution in [0.25, 0.3) is 0 Å². The molecule has 18 heavy (non-hydrogen) atoms. The average Bonchev–Trinajstić information content (AvgIpc) is 2.35. The monoisotopic (exact) mass is 248 g/mol. The van der Waals surface area contributed by atoms with Gasteiger partial charge in [-0.15, -0.1) is 0 Å². The Morgan fingerprint density at radius 1 is 1.44 bits per heavy atom. The third-order valence-corrected chi connectivity index (χ3v) is 2.03. The Morgan fingerprint density at radius 2 is 2.17 bits per heavy atom. The van der Waals surface area contributed by atoms with Gasteiger partial charge < -0.3 is 14.8 Å². The fourth-order valence-corrected chi connectivity index (χ4v) is 1.23. The molecule has 0 aliphatic heterocycles. The van der Waals surface area contributed by atoms with Crippen molar-refractivity contribution in [1.82, 2.24) is 5.32 Å². The third-order valence-electron chi connectivity index (χ3n) is 2.03. The zero-order chi connectivity index (χ0) is 13.5. The van der Waals surface area contributed by atoms with Crippen molar-refractivity contribution >= 4 is 12.1 Å². The first-order chi connectivity index (χ1) is 8.56. The zero-order valence-electron chi connectivity index (χ0n) is 10.0. The van der Waals surface area contributed by atoms with Crippen LogP contribution in [-0.4, -0.2) is 19.1 Å². The van der Waals surface area contributed by atoms with Crippen molar-refractivity contribution in [2.45, 2.75) is 13.5 Å². The van der Waals surface area contributed by atoms with Crippen molar-refractivity contribution in [3.63, 3.8) is 0 Å². The second-order valence-corrected chi connectivity index (χ2v) is 3.35. The summed E-state index contributed by atoms with van der Waals surface area (Å²) >= 11 is 0. The van der Waals surface area contributed by atoms with Crippen LogP contribution in [0.1, 0.15) is 18.1 Å². The highest BCUT2D eigenvalue weighted by molar-refractivity contribution is 5.69. The molecular formula is C12H12N2O4. The molecule has 94 valence electrons. The highest BCUT2D eigenvalue weighted by atomic mass is 16.5. The topological polar surface area (TPSA) is 88.4 Å². The van der Waals surface area contributed by atoms with E-state index in [4.69, 9.17) is 14.7 Å². The molecule has 6 nitrogen and oxygen atoms in total. The third kappa shape index (κ3) is 3.79. The standard InChI is InChI=1S/C12H12N2O4/c1-8(15)18-11-4-3-9(10(5-11)6-13)7-17-12(16)14-2/h3-5H,7H2,1-2H3,(H,14,16). The van der Waals surface area contributed by atoms with Crippen LogP contribution in [0.4, 0.5) is 4.79 Å². The molecule has 0 aliphatic rings. The van der Waals surface area contributed by atoms with E-state index in [2.05, 4.69) is 5.32 Å². The van der Waals surface area contributed by atoms with Crippen LogP contribution in [0.2, 0.25) is 0 Å². The van der Waals surface area contributed by atoms with Gasteiger partial charge in [0.15, 0.2) is 0 Å². The van der Waals surface area contributed by atoms with Crippen molar-refractivity contribution in [1.29, 1.82) is 5.26 Å². The highest BCUT2D eigenvalue weighted by Gasteiger charge is 2.08. The van der Waals surface area contributed by atoms with Gasteiger partial charge in [-0.05, 0) is 12.1 Å². The summed E-state index contributed by atoms with van der Waals surface area (Å²) in [6.45, 7) is 1.25. The molecule has 1 aromatic rings. The van der Waals surface area contributed by atoms with E-state index < -0.39 is 12.1 Å². The molecule has 1 aromatic carbocycles. The number of rotatable bonds is 3. The first-order valence-corrected chi connectivity index (χ1v) is 5.12. The van der Waals surface area contributed by atoms with Gasteiger partial charge in [0.05, 0.1) is 11.6 Å². The number of benzene rings is 1. The lowest BCUT2D eigenvalue weighted by Gasteiger charge is -2.07. The van der Waals surface area contributed by atoms with Gasteiger partial charge in [-0.3, -0.25) is 4.79 Å². The first-order valence-electron chi connectivity index (χ1n) is 5.12. The van der Waals surface area contributed by atoms with Crippen molar-refractivity contribution < 1.29 is 19.1 Å². The van der Waals surface area contributed by atoms with Crippen LogP contribution in [-0.2, 0) is 16.1 Å². The second-order valence-electron chi connectivity index (χ2n) is 3.35. The van der Waals surface area contributed by atoms with Gasteiger partial charge in [-0.1, -0.05) is 6.07 Å². The van der Waals surface area contributed by atoms with Crippen molar-refractivity contribution in [2.24, 2.45) is 0 Å². The molecule has 0 bridgehead atoms. The summed E-state index contributed by atoms with van der Waals surface area (Å²) in [6, 6.07) is 6.47. The van der Waals surface area contributed by atoms with Crippen LogP contribution < -0.4 is 10.1 Å². The van der Waals surface area contributed by atoms with Crippen LogP contribution in [0.5, 0.6) is 5.75 Å². The minimum Gasteiger partial charge on any atom is -0.445 e. The molecule has 0 saturated heterocycles. The summed E-state index contributed by atoms with van der Waals surface area (Å²) in [5.74, 6) is -0.184. The molecule has 0 fully saturated rings. The Hall–Kier alpha value is -2.55. The summed E-state index contributed by atoms with van der Waals surface area (Å²) < 4.78 is 9.68. The van der Waals surface area contributed by atoms with Crippen molar-refractivity contribution in [3.8, 4) is 11.8 Å². The van der Waals surface area contributed by atoms with E-state index in [-0.39, 0.29) is 17.9 Å². The SMILES string of the molecule is CNC(=O)OCc1ccc(OC(C)=O)cc1C#N. The molecule has 0 spiro atoms. The average molecular weight is 248 g/mol. The summed E-state index contributed by atoms with van der Waals surface area (Å²) in [4.78, 5) is 21.7. The highest BCUT2D eigenvalue weighted by Crippen LogP contribution is 2.18. The van der Waals surface area contributed by atoms with E-state index in [0.29, 0.717) is 5.56 Å². The molecule has 0 radical (unpaired) electrons. The number of esters is 1. The smallest absolute Gasteiger partial charge is 0.407 e. The van der Waals surface area contributed by atoms with E-state index >= 15 is 0 Å². The van der Waals surface area contributed by atoms with Gasteiger partial charge in [0.1, 0.15) is 12.4 Å². The molecule has 0 heterocycles. The number of amides is 1. The molecule has 1 amide bonds. The number of carbonyl (C=O) groups is 2. The first kappa shape index (κ1) is 13.5. The fourth-order valence-electron chi connectivity index (χ4n) is 1.23. The molecule has 0 aliphatic carbocycles. The number of hydrogen-bond donors (Lipinski definition) is 1. The molecule has 0 atom stereocenters. The summed E-state index contributed by atoms with van der Waals surface area (Å²) in [7, 11) is 1.44. The van der Waals surface area contributed by atoms with Crippen LogP contribution in [0, 0.1) is 11.3 Å². The Morgan fingerprint density at radius 3 is 2.72 bits per heavy atom. The molecule has 0 unspecified atom stereocenters. The minimum atomic E-state index is -0.581. The fraction of sp³-hybridized carbons (Fsp3) is 0.250. The van der Waals surface area contributed by atoms with Gasteiger partial charge >= 0.3 is 12.1 Å². The maximum Gasteiger partial charge on any atom is 0.407 e. The lowest BCUT2D eigenvalue weighted by Crippen LogP contribution is -2.19. The molecule has 0 saturated carbocycles. The molecule has 0 aromatic heterocycles.